The van der Waals surface area contributed by atoms with E-state index < -0.39 is 5.60 Å². The number of hydrogen-bond donors (Lipinski definition) is 2. The van der Waals surface area contributed by atoms with E-state index in [0.717, 1.165) is 19.4 Å². The normalized spacial score (nSPS) is 34.6. The van der Waals surface area contributed by atoms with Crippen LogP contribution in [0.4, 0.5) is 0 Å². The molecule has 2 unspecified atom stereocenters. The van der Waals surface area contributed by atoms with Gasteiger partial charge in [-0.1, -0.05) is 0 Å². The first kappa shape index (κ1) is 16.7. The van der Waals surface area contributed by atoms with E-state index in [4.69, 9.17) is 9.47 Å². The fraction of sp³-hybridized carbons (Fsp3) is 0.938. The maximum absolute atomic E-state index is 11.7. The van der Waals surface area contributed by atoms with Gasteiger partial charge in [0.1, 0.15) is 0 Å². The van der Waals surface area contributed by atoms with Crippen molar-refractivity contribution in [2.45, 2.75) is 70.1 Å². The standard InChI is InChI=1S/C16H29NO4/c1-3-20-15(18)13-6-8-16(19,9-7-13)11-17-12(2)14-5-4-10-21-14/h12-14,17,19H,3-11H2,1-2H3. The summed E-state index contributed by atoms with van der Waals surface area (Å²) in [6.07, 6.45) is 5.23. The molecule has 1 saturated carbocycles. The Morgan fingerprint density at radius 2 is 2.14 bits per heavy atom. The van der Waals surface area contributed by atoms with E-state index in [1.807, 2.05) is 6.92 Å². The van der Waals surface area contributed by atoms with Gasteiger partial charge >= 0.3 is 5.97 Å². The van der Waals surface area contributed by atoms with E-state index in [9.17, 15) is 9.90 Å². The van der Waals surface area contributed by atoms with E-state index in [1.54, 1.807) is 0 Å². The van der Waals surface area contributed by atoms with Gasteiger partial charge in [-0.25, -0.2) is 0 Å². The first-order valence-electron chi connectivity index (χ1n) is 8.28. The van der Waals surface area contributed by atoms with Crippen LogP contribution in [0.3, 0.4) is 0 Å². The van der Waals surface area contributed by atoms with Crippen molar-refractivity contribution in [3.05, 3.63) is 0 Å². The van der Waals surface area contributed by atoms with Crippen LogP contribution < -0.4 is 5.32 Å². The highest BCUT2D eigenvalue weighted by molar-refractivity contribution is 5.72. The molecule has 0 aromatic rings. The van der Waals surface area contributed by atoms with Gasteiger partial charge in [0.05, 0.1) is 24.2 Å². The van der Waals surface area contributed by atoms with Crippen LogP contribution in [-0.4, -0.2) is 48.6 Å². The van der Waals surface area contributed by atoms with Crippen molar-refractivity contribution in [1.82, 2.24) is 5.32 Å². The second-order valence-corrected chi connectivity index (χ2v) is 6.47. The summed E-state index contributed by atoms with van der Waals surface area (Å²) >= 11 is 0. The average Bonchev–Trinajstić information content (AvgIpc) is 3.00. The second kappa shape index (κ2) is 7.56. The van der Waals surface area contributed by atoms with E-state index in [2.05, 4.69) is 12.2 Å². The number of ether oxygens (including phenoxy) is 2. The predicted octanol–water partition coefficient (Wildman–Crippen LogP) is 1.63. The summed E-state index contributed by atoms with van der Waals surface area (Å²) in [7, 11) is 0. The fourth-order valence-corrected chi connectivity index (χ4v) is 3.31. The minimum atomic E-state index is -0.699. The molecule has 0 bridgehead atoms. The third-order valence-corrected chi connectivity index (χ3v) is 4.81. The van der Waals surface area contributed by atoms with Gasteiger partial charge in [0.25, 0.3) is 0 Å². The topological polar surface area (TPSA) is 67.8 Å². The van der Waals surface area contributed by atoms with Crippen LogP contribution in [0.2, 0.25) is 0 Å². The molecule has 1 heterocycles. The Bertz CT molecular complexity index is 333. The van der Waals surface area contributed by atoms with Gasteiger partial charge in [0, 0.05) is 19.2 Å². The first-order valence-corrected chi connectivity index (χ1v) is 8.28. The Kier molecular flexibility index (Phi) is 6.02. The Hall–Kier alpha value is -0.650. The minimum Gasteiger partial charge on any atom is -0.466 e. The van der Waals surface area contributed by atoms with Crippen LogP contribution >= 0.6 is 0 Å². The molecule has 2 aliphatic rings. The first-order chi connectivity index (χ1) is 10.0. The van der Waals surface area contributed by atoms with Gasteiger partial charge in [0.2, 0.25) is 0 Å². The summed E-state index contributed by atoms with van der Waals surface area (Å²) in [5.74, 6) is -0.152. The maximum atomic E-state index is 11.7. The monoisotopic (exact) mass is 299 g/mol. The van der Waals surface area contributed by atoms with Crippen molar-refractivity contribution >= 4 is 5.97 Å². The van der Waals surface area contributed by atoms with Crippen LogP contribution in [0.1, 0.15) is 52.4 Å². The molecule has 122 valence electrons. The lowest BCUT2D eigenvalue weighted by Crippen LogP contribution is -2.49. The lowest BCUT2D eigenvalue weighted by Gasteiger charge is -2.36. The third kappa shape index (κ3) is 4.66. The highest BCUT2D eigenvalue weighted by Crippen LogP contribution is 2.32. The minimum absolute atomic E-state index is 0.0409. The Balaban J connectivity index is 1.72. The number of nitrogens with one attached hydrogen (secondary N) is 1. The quantitative estimate of drug-likeness (QED) is 0.730. The summed E-state index contributed by atoms with van der Waals surface area (Å²) in [6.45, 7) is 5.79. The highest BCUT2D eigenvalue weighted by Gasteiger charge is 2.37. The number of aliphatic hydroxyl groups is 1. The molecule has 5 nitrogen and oxygen atoms in total. The Morgan fingerprint density at radius 3 is 2.71 bits per heavy atom. The molecule has 0 radical (unpaired) electrons. The summed E-state index contributed by atoms with van der Waals surface area (Å²) in [4.78, 5) is 11.7. The van der Waals surface area contributed by atoms with E-state index >= 15 is 0 Å². The van der Waals surface area contributed by atoms with Gasteiger partial charge in [-0.3, -0.25) is 4.79 Å². The summed E-state index contributed by atoms with van der Waals surface area (Å²) < 4.78 is 10.7. The van der Waals surface area contributed by atoms with Crippen LogP contribution in [0.25, 0.3) is 0 Å². The number of carbonyl (C=O) groups excluding carboxylic acids is 1. The SMILES string of the molecule is CCOC(=O)C1CCC(O)(CNC(C)C2CCCO2)CC1. The van der Waals surface area contributed by atoms with Crippen molar-refractivity contribution < 1.29 is 19.4 Å². The van der Waals surface area contributed by atoms with Crippen LogP contribution in [0.5, 0.6) is 0 Å². The molecule has 0 amide bonds. The zero-order valence-electron chi connectivity index (χ0n) is 13.3. The zero-order chi connectivity index (χ0) is 15.3. The van der Waals surface area contributed by atoms with E-state index in [1.165, 1.54) is 0 Å². The molecule has 1 aliphatic carbocycles. The molecule has 0 aromatic heterocycles. The summed E-state index contributed by atoms with van der Waals surface area (Å²) in [5, 5.41) is 14.0. The molecular formula is C16H29NO4. The Labute approximate surface area is 127 Å². The van der Waals surface area contributed by atoms with Crippen molar-refractivity contribution in [1.29, 1.82) is 0 Å². The third-order valence-electron chi connectivity index (χ3n) is 4.81. The summed E-state index contributed by atoms with van der Waals surface area (Å²) in [5.41, 5.74) is -0.699. The van der Waals surface area contributed by atoms with Crippen molar-refractivity contribution in [3.63, 3.8) is 0 Å². The lowest BCUT2D eigenvalue weighted by molar-refractivity contribution is -0.151. The number of carbonyl (C=O) groups is 1. The number of hydrogen-bond acceptors (Lipinski definition) is 5. The molecule has 2 fully saturated rings. The molecule has 5 heteroatoms. The molecule has 21 heavy (non-hydrogen) atoms. The summed E-state index contributed by atoms with van der Waals surface area (Å²) in [6, 6.07) is 0.263. The average molecular weight is 299 g/mol. The largest absolute Gasteiger partial charge is 0.466 e. The fourth-order valence-electron chi connectivity index (χ4n) is 3.31. The molecule has 2 rings (SSSR count). The van der Waals surface area contributed by atoms with Crippen LogP contribution in [0.15, 0.2) is 0 Å². The molecule has 0 aromatic carbocycles. The van der Waals surface area contributed by atoms with Crippen molar-refractivity contribution in [2.24, 2.45) is 5.92 Å². The molecule has 1 aliphatic heterocycles. The predicted molar refractivity (Wildman–Crippen MR) is 80.0 cm³/mol. The number of rotatable bonds is 6. The van der Waals surface area contributed by atoms with Crippen molar-refractivity contribution in [2.75, 3.05) is 19.8 Å². The van der Waals surface area contributed by atoms with Crippen LogP contribution in [0, 0.1) is 5.92 Å². The molecular weight excluding hydrogens is 270 g/mol. The van der Waals surface area contributed by atoms with Gasteiger partial charge in [-0.05, 0) is 52.4 Å². The van der Waals surface area contributed by atoms with Crippen LogP contribution in [-0.2, 0) is 14.3 Å². The second-order valence-electron chi connectivity index (χ2n) is 6.47. The smallest absolute Gasteiger partial charge is 0.308 e. The van der Waals surface area contributed by atoms with E-state index in [-0.39, 0.29) is 24.0 Å². The lowest BCUT2D eigenvalue weighted by atomic mass is 9.78. The zero-order valence-corrected chi connectivity index (χ0v) is 13.3. The van der Waals surface area contributed by atoms with Gasteiger partial charge in [-0.2, -0.15) is 0 Å². The van der Waals surface area contributed by atoms with Crippen molar-refractivity contribution in [3.8, 4) is 0 Å². The van der Waals surface area contributed by atoms with E-state index in [0.29, 0.717) is 38.8 Å². The number of esters is 1. The van der Waals surface area contributed by atoms with Gasteiger partial charge < -0.3 is 19.9 Å². The molecule has 2 atom stereocenters. The molecule has 1 saturated heterocycles. The Morgan fingerprint density at radius 1 is 1.43 bits per heavy atom. The van der Waals surface area contributed by atoms with Gasteiger partial charge in [0.15, 0.2) is 0 Å². The maximum Gasteiger partial charge on any atom is 0.308 e. The molecule has 2 N–H and O–H groups in total. The highest BCUT2D eigenvalue weighted by atomic mass is 16.5. The van der Waals surface area contributed by atoms with Gasteiger partial charge in [-0.15, -0.1) is 0 Å². The molecule has 0 spiro atoms.